The minimum absolute atomic E-state index is 0.201. The Morgan fingerprint density at radius 3 is 1.21 bits per heavy atom. The van der Waals surface area contributed by atoms with Crippen molar-refractivity contribution in [2.24, 2.45) is 0 Å². The van der Waals surface area contributed by atoms with E-state index in [0.717, 1.165) is 19.3 Å². The number of unbranched alkanes of at least 4 members (excludes halogenated alkanes) is 2. The van der Waals surface area contributed by atoms with Crippen LogP contribution in [0.1, 0.15) is 32.6 Å². The maximum absolute atomic E-state index is 11.3. The molecule has 34 heavy (non-hydrogen) atoms. The van der Waals surface area contributed by atoms with Crippen LogP contribution >= 0.6 is 0 Å². The van der Waals surface area contributed by atoms with E-state index in [1.54, 1.807) is 7.11 Å². The molecule has 11 nitrogen and oxygen atoms in total. The van der Waals surface area contributed by atoms with Gasteiger partial charge in [0, 0.05) is 13.5 Å². The second-order valence-electron chi connectivity index (χ2n) is 7.01. The predicted octanol–water partition coefficient (Wildman–Crippen LogP) is 1.80. The Bertz CT molecular complexity index is 399. The van der Waals surface area contributed by atoms with E-state index < -0.39 is 0 Å². The molecule has 0 bridgehead atoms. The van der Waals surface area contributed by atoms with Crippen LogP contribution in [0.3, 0.4) is 0 Å². The molecule has 0 aliphatic rings. The molecule has 204 valence electrons. The average molecular weight is 499 g/mol. The zero-order chi connectivity index (χ0) is 24.8. The van der Waals surface area contributed by atoms with Gasteiger partial charge >= 0.3 is 5.97 Å². The fourth-order valence-corrected chi connectivity index (χ4v) is 2.33. The Hall–Kier alpha value is -0.890. The molecule has 0 saturated heterocycles. The first kappa shape index (κ1) is 33.1. The van der Waals surface area contributed by atoms with E-state index in [2.05, 4.69) is 11.8 Å². The van der Waals surface area contributed by atoms with Crippen LogP contribution in [-0.4, -0.2) is 119 Å². The molecule has 0 fully saturated rings. The molecule has 0 heterocycles. The van der Waals surface area contributed by atoms with Crippen LogP contribution in [-0.2, 0) is 52.5 Å². The van der Waals surface area contributed by atoms with Crippen molar-refractivity contribution in [3.8, 4) is 0 Å². The Labute approximate surface area is 204 Å². The first-order valence-electron chi connectivity index (χ1n) is 12.2. The third kappa shape index (κ3) is 29.1. The maximum atomic E-state index is 11.3. The molecule has 11 heteroatoms. The van der Waals surface area contributed by atoms with Crippen LogP contribution in [0, 0.1) is 0 Å². The third-order valence-corrected chi connectivity index (χ3v) is 4.11. The molecule has 0 aliphatic carbocycles. The van der Waals surface area contributed by atoms with Gasteiger partial charge in [-0.25, -0.2) is 4.79 Å². The van der Waals surface area contributed by atoms with E-state index >= 15 is 0 Å². The van der Waals surface area contributed by atoms with Crippen molar-refractivity contribution in [1.29, 1.82) is 0 Å². The molecule has 0 radical (unpaired) electrons. The van der Waals surface area contributed by atoms with E-state index in [0.29, 0.717) is 106 Å². The van der Waals surface area contributed by atoms with Gasteiger partial charge in [-0.3, -0.25) is 4.89 Å². The fourth-order valence-electron chi connectivity index (χ4n) is 2.33. The van der Waals surface area contributed by atoms with Crippen molar-refractivity contribution in [3.05, 3.63) is 0 Å². The molecular formula is C23H46O11. The molecule has 0 atom stereocenters. The Morgan fingerprint density at radius 1 is 0.500 bits per heavy atom. The summed E-state index contributed by atoms with van der Waals surface area (Å²) in [6.45, 7) is 9.85. The lowest BCUT2D eigenvalue weighted by molar-refractivity contribution is -0.276. The summed E-state index contributed by atoms with van der Waals surface area (Å²) in [6.07, 6.45) is 3.28. The summed E-state index contributed by atoms with van der Waals surface area (Å²) in [5.74, 6) is -0.340. The van der Waals surface area contributed by atoms with Gasteiger partial charge in [-0.2, -0.15) is 4.89 Å². The summed E-state index contributed by atoms with van der Waals surface area (Å²) in [5, 5.41) is 0. The Balaban J connectivity index is 3.06. The van der Waals surface area contributed by atoms with Gasteiger partial charge in [0.05, 0.1) is 99.1 Å². The average Bonchev–Trinajstić information content (AvgIpc) is 2.84. The number of hydrogen-bond donors (Lipinski definition) is 0. The van der Waals surface area contributed by atoms with Crippen molar-refractivity contribution in [3.63, 3.8) is 0 Å². The minimum atomic E-state index is -0.340. The van der Waals surface area contributed by atoms with Crippen LogP contribution in [0.5, 0.6) is 0 Å². The van der Waals surface area contributed by atoms with Crippen molar-refractivity contribution in [2.75, 3.05) is 113 Å². The predicted molar refractivity (Wildman–Crippen MR) is 124 cm³/mol. The molecule has 0 unspecified atom stereocenters. The fraction of sp³-hybridized carbons (Fsp3) is 0.957. The lowest BCUT2D eigenvalue weighted by Crippen LogP contribution is -2.15. The number of hydrogen-bond acceptors (Lipinski definition) is 11. The SMILES string of the molecule is CCCCCC(=O)OOCCOCCOCCOCCOCCOCCOCCOCCOC. The number of rotatable bonds is 29. The topological polar surface area (TPSA) is 109 Å². The van der Waals surface area contributed by atoms with Gasteiger partial charge in [-0.05, 0) is 6.42 Å². The summed E-state index contributed by atoms with van der Waals surface area (Å²) in [5.41, 5.74) is 0. The monoisotopic (exact) mass is 498 g/mol. The van der Waals surface area contributed by atoms with Crippen LogP contribution in [0.25, 0.3) is 0 Å². The van der Waals surface area contributed by atoms with Crippen LogP contribution < -0.4 is 0 Å². The largest absolute Gasteiger partial charge is 0.382 e. The Morgan fingerprint density at radius 2 is 0.853 bits per heavy atom. The highest BCUT2D eigenvalue weighted by molar-refractivity contribution is 5.68. The van der Waals surface area contributed by atoms with Gasteiger partial charge in [0.2, 0.25) is 0 Å². The van der Waals surface area contributed by atoms with Gasteiger partial charge in [-0.1, -0.05) is 19.8 Å². The lowest BCUT2D eigenvalue weighted by atomic mass is 10.2. The smallest absolute Gasteiger partial charge is 0.342 e. The molecule has 0 aromatic rings. The van der Waals surface area contributed by atoms with E-state index in [4.69, 9.17) is 42.8 Å². The normalized spacial score (nSPS) is 11.2. The van der Waals surface area contributed by atoms with Crippen molar-refractivity contribution in [1.82, 2.24) is 0 Å². The second-order valence-corrected chi connectivity index (χ2v) is 7.01. The zero-order valence-corrected chi connectivity index (χ0v) is 21.1. The highest BCUT2D eigenvalue weighted by Gasteiger charge is 2.03. The number of carbonyl (C=O) groups excluding carboxylic acids is 1. The van der Waals surface area contributed by atoms with Gasteiger partial charge in [0.25, 0.3) is 0 Å². The Kier molecular flexibility index (Phi) is 29.4. The number of ether oxygens (including phenoxy) is 8. The second kappa shape index (κ2) is 30.1. The van der Waals surface area contributed by atoms with Gasteiger partial charge in [-0.15, -0.1) is 0 Å². The van der Waals surface area contributed by atoms with Crippen LogP contribution in [0.15, 0.2) is 0 Å². The molecule has 0 rings (SSSR count). The molecular weight excluding hydrogens is 452 g/mol. The number of carbonyl (C=O) groups is 1. The molecule has 0 amide bonds. The van der Waals surface area contributed by atoms with Gasteiger partial charge in [0.1, 0.15) is 6.61 Å². The molecule has 0 aromatic heterocycles. The van der Waals surface area contributed by atoms with E-state index in [9.17, 15) is 4.79 Å². The summed E-state index contributed by atoms with van der Waals surface area (Å²) >= 11 is 0. The highest BCUT2D eigenvalue weighted by atomic mass is 17.2. The minimum Gasteiger partial charge on any atom is -0.382 e. The quantitative estimate of drug-likeness (QED) is 0.0855. The van der Waals surface area contributed by atoms with Gasteiger partial charge < -0.3 is 37.9 Å². The van der Waals surface area contributed by atoms with Crippen molar-refractivity contribution < 1.29 is 52.5 Å². The molecule has 0 spiro atoms. The van der Waals surface area contributed by atoms with E-state index in [1.165, 1.54) is 0 Å². The van der Waals surface area contributed by atoms with E-state index in [-0.39, 0.29) is 12.6 Å². The summed E-state index contributed by atoms with van der Waals surface area (Å²) in [4.78, 5) is 20.8. The third-order valence-electron chi connectivity index (χ3n) is 4.11. The first-order valence-corrected chi connectivity index (χ1v) is 12.2. The molecule has 0 N–H and O–H groups in total. The van der Waals surface area contributed by atoms with Crippen LogP contribution in [0.4, 0.5) is 0 Å². The van der Waals surface area contributed by atoms with Crippen molar-refractivity contribution >= 4 is 5.97 Å². The molecule has 0 aromatic carbocycles. The van der Waals surface area contributed by atoms with Crippen LogP contribution in [0.2, 0.25) is 0 Å². The molecule has 0 aliphatic heterocycles. The molecule has 0 saturated carbocycles. The van der Waals surface area contributed by atoms with E-state index in [1.807, 2.05) is 0 Å². The standard InChI is InChI=1S/C23H46O11/c1-3-4-5-6-23(24)34-33-22-21-32-20-19-31-18-17-30-16-15-29-14-13-28-12-11-27-10-9-26-8-7-25-2/h3-22H2,1-2H3. The first-order chi connectivity index (χ1) is 16.8. The highest BCUT2D eigenvalue weighted by Crippen LogP contribution is 2.00. The van der Waals surface area contributed by atoms with Crippen molar-refractivity contribution in [2.45, 2.75) is 32.6 Å². The summed E-state index contributed by atoms with van der Waals surface area (Å²) in [6, 6.07) is 0. The maximum Gasteiger partial charge on any atom is 0.342 e. The summed E-state index contributed by atoms with van der Waals surface area (Å²) < 4.78 is 42.5. The summed E-state index contributed by atoms with van der Waals surface area (Å²) in [7, 11) is 1.64. The number of methoxy groups -OCH3 is 1. The lowest BCUT2D eigenvalue weighted by Gasteiger charge is -2.08. The zero-order valence-electron chi connectivity index (χ0n) is 21.1. The van der Waals surface area contributed by atoms with Gasteiger partial charge in [0.15, 0.2) is 0 Å².